The monoisotopic (exact) mass is 365 g/mol. The Kier molecular flexibility index (Phi) is 6.90. The van der Waals surface area contributed by atoms with Crippen LogP contribution in [0.2, 0.25) is 0 Å². The van der Waals surface area contributed by atoms with Crippen LogP contribution in [0, 0.1) is 0 Å². The number of aromatic nitrogens is 1. The molecule has 0 saturated carbocycles. The number of aryl methyl sites for hydroxylation is 1. The zero-order valence-corrected chi connectivity index (χ0v) is 14.9. The molecule has 1 aliphatic rings. The number of pyridine rings is 1. The second-order valence-corrected chi connectivity index (χ2v) is 5.82. The number of hydrogen-bond donors (Lipinski definition) is 1. The van der Waals surface area contributed by atoms with Gasteiger partial charge in [-0.25, -0.2) is 0 Å². The Bertz CT molecular complexity index is 737. The molecule has 2 amide bonds. The SMILES string of the molecule is CCOC(=O)CCC(=O)Nc1cc(C(=O)N2CCOCC2)cn(C)c1=O. The predicted molar refractivity (Wildman–Crippen MR) is 92.9 cm³/mol. The Morgan fingerprint density at radius 3 is 2.58 bits per heavy atom. The lowest BCUT2D eigenvalue weighted by Crippen LogP contribution is -2.41. The van der Waals surface area contributed by atoms with E-state index in [9.17, 15) is 19.2 Å². The normalized spacial score (nSPS) is 14.0. The van der Waals surface area contributed by atoms with Gasteiger partial charge in [0.05, 0.1) is 31.8 Å². The van der Waals surface area contributed by atoms with Crippen LogP contribution in [0.4, 0.5) is 5.69 Å². The fraction of sp³-hybridized carbons (Fsp3) is 0.529. The zero-order chi connectivity index (χ0) is 19.1. The molecule has 2 heterocycles. The Balaban J connectivity index is 2.09. The molecule has 1 N–H and O–H groups in total. The van der Waals surface area contributed by atoms with Gasteiger partial charge in [0.1, 0.15) is 5.69 Å². The second kappa shape index (κ2) is 9.14. The lowest BCUT2D eigenvalue weighted by atomic mass is 10.2. The summed E-state index contributed by atoms with van der Waals surface area (Å²) in [6.07, 6.45) is 1.25. The van der Waals surface area contributed by atoms with Crippen LogP contribution >= 0.6 is 0 Å². The largest absolute Gasteiger partial charge is 0.466 e. The van der Waals surface area contributed by atoms with Crippen LogP contribution in [-0.4, -0.2) is 60.2 Å². The van der Waals surface area contributed by atoms with Crippen molar-refractivity contribution in [1.29, 1.82) is 0 Å². The Hall–Kier alpha value is -2.68. The number of morpholine rings is 1. The minimum absolute atomic E-state index is 0.000434. The molecule has 26 heavy (non-hydrogen) atoms. The molecular weight excluding hydrogens is 342 g/mol. The van der Waals surface area contributed by atoms with Gasteiger partial charge in [0.25, 0.3) is 11.5 Å². The van der Waals surface area contributed by atoms with Gasteiger partial charge in [-0.1, -0.05) is 0 Å². The average molecular weight is 365 g/mol. The highest BCUT2D eigenvalue weighted by molar-refractivity contribution is 5.97. The number of carbonyl (C=O) groups excluding carboxylic acids is 3. The first-order valence-corrected chi connectivity index (χ1v) is 8.45. The molecule has 142 valence electrons. The van der Waals surface area contributed by atoms with E-state index in [0.29, 0.717) is 31.9 Å². The third-order valence-corrected chi connectivity index (χ3v) is 3.86. The molecule has 9 nitrogen and oxygen atoms in total. The molecule has 0 aromatic carbocycles. The topological polar surface area (TPSA) is 107 Å². The van der Waals surface area contributed by atoms with Crippen molar-refractivity contribution in [2.45, 2.75) is 19.8 Å². The van der Waals surface area contributed by atoms with Crippen molar-refractivity contribution in [3.8, 4) is 0 Å². The molecule has 2 rings (SSSR count). The van der Waals surface area contributed by atoms with Crippen LogP contribution < -0.4 is 10.9 Å². The molecule has 0 bridgehead atoms. The summed E-state index contributed by atoms with van der Waals surface area (Å²) >= 11 is 0. The Morgan fingerprint density at radius 1 is 1.23 bits per heavy atom. The molecule has 1 fully saturated rings. The number of ether oxygens (including phenoxy) is 2. The van der Waals surface area contributed by atoms with Gasteiger partial charge in [-0.2, -0.15) is 0 Å². The summed E-state index contributed by atoms with van der Waals surface area (Å²) in [4.78, 5) is 49.7. The standard InChI is InChI=1S/C17H23N3O6/c1-3-26-15(22)5-4-14(21)18-13-10-12(11-19(2)17(13)24)16(23)20-6-8-25-9-7-20/h10-11H,3-9H2,1-2H3,(H,18,21). The van der Waals surface area contributed by atoms with E-state index in [1.165, 1.54) is 23.9 Å². The predicted octanol–water partition coefficient (Wildman–Crippen LogP) is 0.140. The Labute approximate surface area is 150 Å². The summed E-state index contributed by atoms with van der Waals surface area (Å²) in [6, 6.07) is 1.36. The van der Waals surface area contributed by atoms with E-state index in [1.54, 1.807) is 11.8 Å². The maximum atomic E-state index is 12.6. The van der Waals surface area contributed by atoms with Crippen LogP contribution in [-0.2, 0) is 26.1 Å². The van der Waals surface area contributed by atoms with Gasteiger partial charge in [-0.15, -0.1) is 0 Å². The third-order valence-electron chi connectivity index (χ3n) is 3.86. The molecule has 0 radical (unpaired) electrons. The lowest BCUT2D eigenvalue weighted by molar-refractivity contribution is -0.144. The van der Waals surface area contributed by atoms with Crippen molar-refractivity contribution in [1.82, 2.24) is 9.47 Å². The number of anilines is 1. The van der Waals surface area contributed by atoms with E-state index in [2.05, 4.69) is 5.32 Å². The molecule has 1 aliphatic heterocycles. The van der Waals surface area contributed by atoms with E-state index < -0.39 is 17.4 Å². The van der Waals surface area contributed by atoms with Gasteiger partial charge in [0.2, 0.25) is 5.91 Å². The molecule has 0 unspecified atom stereocenters. The molecule has 1 aromatic rings. The second-order valence-electron chi connectivity index (χ2n) is 5.82. The minimum Gasteiger partial charge on any atom is -0.466 e. The van der Waals surface area contributed by atoms with Gasteiger partial charge in [0, 0.05) is 32.8 Å². The third kappa shape index (κ3) is 5.16. The highest BCUT2D eigenvalue weighted by Crippen LogP contribution is 2.11. The van der Waals surface area contributed by atoms with Crippen molar-refractivity contribution in [2.24, 2.45) is 7.05 Å². The number of hydrogen-bond acceptors (Lipinski definition) is 6. The van der Waals surface area contributed by atoms with Crippen molar-refractivity contribution in [3.63, 3.8) is 0 Å². The molecule has 0 spiro atoms. The lowest BCUT2D eigenvalue weighted by Gasteiger charge is -2.27. The number of rotatable bonds is 6. The smallest absolute Gasteiger partial charge is 0.306 e. The maximum Gasteiger partial charge on any atom is 0.306 e. The highest BCUT2D eigenvalue weighted by Gasteiger charge is 2.20. The van der Waals surface area contributed by atoms with Gasteiger partial charge in [0.15, 0.2) is 0 Å². The van der Waals surface area contributed by atoms with E-state index in [4.69, 9.17) is 9.47 Å². The first-order chi connectivity index (χ1) is 12.4. The Morgan fingerprint density at radius 2 is 1.92 bits per heavy atom. The van der Waals surface area contributed by atoms with Gasteiger partial charge in [-0.3, -0.25) is 19.2 Å². The summed E-state index contributed by atoms with van der Waals surface area (Å²) in [5, 5.41) is 2.47. The van der Waals surface area contributed by atoms with Crippen molar-refractivity contribution >= 4 is 23.5 Å². The molecule has 1 aromatic heterocycles. The van der Waals surface area contributed by atoms with Crippen LogP contribution in [0.1, 0.15) is 30.1 Å². The fourth-order valence-corrected chi connectivity index (χ4v) is 2.53. The van der Waals surface area contributed by atoms with Gasteiger partial charge < -0.3 is 24.3 Å². The average Bonchev–Trinajstić information content (AvgIpc) is 2.64. The quantitative estimate of drug-likeness (QED) is 0.719. The van der Waals surface area contributed by atoms with Crippen LogP contribution in [0.25, 0.3) is 0 Å². The van der Waals surface area contributed by atoms with E-state index >= 15 is 0 Å². The first-order valence-electron chi connectivity index (χ1n) is 8.45. The molecule has 0 aliphatic carbocycles. The fourth-order valence-electron chi connectivity index (χ4n) is 2.53. The van der Waals surface area contributed by atoms with Gasteiger partial charge in [-0.05, 0) is 13.0 Å². The minimum atomic E-state index is -0.494. The van der Waals surface area contributed by atoms with Crippen LogP contribution in [0.15, 0.2) is 17.1 Å². The summed E-state index contributed by atoms with van der Waals surface area (Å²) in [6.45, 7) is 3.81. The molecule has 1 saturated heterocycles. The number of nitrogens with one attached hydrogen (secondary N) is 1. The van der Waals surface area contributed by atoms with E-state index in [0.717, 1.165) is 0 Å². The summed E-state index contributed by atoms with van der Waals surface area (Å²) < 4.78 is 11.2. The number of carbonyl (C=O) groups is 3. The summed E-state index contributed by atoms with van der Waals surface area (Å²) in [7, 11) is 1.51. The van der Waals surface area contributed by atoms with Crippen molar-refractivity contribution < 1.29 is 23.9 Å². The van der Waals surface area contributed by atoms with Gasteiger partial charge >= 0.3 is 5.97 Å². The molecular formula is C17H23N3O6. The number of esters is 1. The zero-order valence-electron chi connectivity index (χ0n) is 14.9. The number of nitrogens with zero attached hydrogens (tertiary/aromatic N) is 2. The maximum absolute atomic E-state index is 12.6. The number of amides is 2. The van der Waals surface area contributed by atoms with Crippen molar-refractivity contribution in [3.05, 3.63) is 28.2 Å². The molecule has 0 atom stereocenters. The molecule has 9 heteroatoms. The first kappa shape index (κ1) is 19.6. The highest BCUT2D eigenvalue weighted by atomic mass is 16.5. The van der Waals surface area contributed by atoms with E-state index in [1.807, 2.05) is 0 Å². The van der Waals surface area contributed by atoms with Crippen molar-refractivity contribution in [2.75, 3.05) is 38.2 Å². The summed E-state index contributed by atoms with van der Waals surface area (Å²) in [5.41, 5.74) is -0.136. The van der Waals surface area contributed by atoms with Crippen LogP contribution in [0.3, 0.4) is 0 Å². The van der Waals surface area contributed by atoms with E-state index in [-0.39, 0.29) is 31.0 Å². The van der Waals surface area contributed by atoms with Crippen LogP contribution in [0.5, 0.6) is 0 Å². The summed E-state index contributed by atoms with van der Waals surface area (Å²) in [5.74, 6) is -1.20.